The lowest BCUT2D eigenvalue weighted by Gasteiger charge is -2.25. The topological polar surface area (TPSA) is 57.1 Å². The highest BCUT2D eigenvalue weighted by atomic mass is 19.2. The molecule has 0 saturated heterocycles. The Kier molecular flexibility index (Phi) is 9.39. The second-order valence-electron chi connectivity index (χ2n) is 8.28. The maximum absolute atomic E-state index is 14.1. The molecule has 0 saturated carbocycles. The average Bonchev–Trinajstić information content (AvgIpc) is 2.85. The summed E-state index contributed by atoms with van der Waals surface area (Å²) in [5, 5.41) is 0. The number of esters is 1. The number of hydrogen-bond donors (Lipinski definition) is 0. The van der Waals surface area contributed by atoms with Gasteiger partial charge in [-0.25, -0.2) is 18.0 Å². The van der Waals surface area contributed by atoms with Crippen LogP contribution >= 0.6 is 0 Å². The molecule has 0 aliphatic heterocycles. The number of methoxy groups -OCH3 is 1. The Labute approximate surface area is 200 Å². The Morgan fingerprint density at radius 1 is 0.971 bits per heavy atom. The summed E-state index contributed by atoms with van der Waals surface area (Å²) in [6.45, 7) is 7.17. The van der Waals surface area contributed by atoms with Gasteiger partial charge in [-0.05, 0) is 30.0 Å². The highest BCUT2D eigenvalue weighted by molar-refractivity contribution is 5.92. The highest BCUT2D eigenvalue weighted by Crippen LogP contribution is 2.34. The van der Waals surface area contributed by atoms with Gasteiger partial charge in [-0.3, -0.25) is 4.99 Å². The van der Waals surface area contributed by atoms with Crippen LogP contribution in [0.5, 0.6) is 11.5 Å². The molecule has 2 aromatic carbocycles. The quantitative estimate of drug-likeness (QED) is 0.0537. The van der Waals surface area contributed by atoms with Gasteiger partial charge in [-0.1, -0.05) is 39.3 Å². The number of halogens is 5. The van der Waals surface area contributed by atoms with Crippen molar-refractivity contribution in [1.29, 1.82) is 0 Å². The van der Waals surface area contributed by atoms with Gasteiger partial charge >= 0.3 is 5.97 Å². The normalized spacial score (nSPS) is 12.5. The van der Waals surface area contributed by atoms with Gasteiger partial charge in [0.25, 0.3) is 0 Å². The fraction of sp³-hybridized carbons (Fsp3) is 0.360. The van der Waals surface area contributed by atoms with Crippen LogP contribution in [0.15, 0.2) is 40.7 Å². The number of carbonyl (C=O) groups is 1. The van der Waals surface area contributed by atoms with E-state index in [9.17, 15) is 26.7 Å². The molecule has 0 atom stereocenters. The SMILES string of the molecule is CC=NC(C(=O)Oc1c(F)c(F)c(F)c(F)c1F)=C(CC(C)(C)CC)OCc1ccc(OC)cc1. The Morgan fingerprint density at radius 2 is 1.51 bits per heavy atom. The first-order chi connectivity index (χ1) is 16.4. The molecule has 0 fully saturated rings. The maximum Gasteiger partial charge on any atom is 0.366 e. The molecule has 0 N–H and O–H groups in total. The molecule has 0 aromatic heterocycles. The van der Waals surface area contributed by atoms with E-state index in [0.29, 0.717) is 17.7 Å². The van der Waals surface area contributed by atoms with Gasteiger partial charge in [-0.15, -0.1) is 0 Å². The number of aliphatic imine (C=N–C) groups is 1. The van der Waals surface area contributed by atoms with E-state index in [1.165, 1.54) is 20.2 Å². The van der Waals surface area contributed by atoms with Crippen molar-refractivity contribution in [3.63, 3.8) is 0 Å². The van der Waals surface area contributed by atoms with Crippen LogP contribution in [0.1, 0.15) is 46.1 Å². The number of ether oxygens (including phenoxy) is 3. The number of nitrogens with zero attached hydrogens (tertiary/aromatic N) is 1. The van der Waals surface area contributed by atoms with E-state index in [1.807, 2.05) is 20.8 Å². The van der Waals surface area contributed by atoms with Crippen LogP contribution in [0.4, 0.5) is 22.0 Å². The Morgan fingerprint density at radius 3 is 2.00 bits per heavy atom. The van der Waals surface area contributed by atoms with Gasteiger partial charge in [0.15, 0.2) is 5.70 Å². The molecule has 190 valence electrons. The van der Waals surface area contributed by atoms with Crippen LogP contribution in [0, 0.1) is 34.5 Å². The van der Waals surface area contributed by atoms with Gasteiger partial charge in [0.05, 0.1) is 7.11 Å². The zero-order chi connectivity index (χ0) is 26.3. The van der Waals surface area contributed by atoms with Crippen LogP contribution in [0.2, 0.25) is 0 Å². The fourth-order valence-electron chi connectivity index (χ4n) is 2.84. The third kappa shape index (κ3) is 6.80. The van der Waals surface area contributed by atoms with Crippen molar-refractivity contribution in [2.24, 2.45) is 10.4 Å². The van der Waals surface area contributed by atoms with Crippen molar-refractivity contribution in [3.8, 4) is 11.5 Å². The Balaban J connectivity index is 2.49. The lowest BCUT2D eigenvalue weighted by Crippen LogP contribution is -2.20. The molecule has 0 aliphatic carbocycles. The van der Waals surface area contributed by atoms with Gasteiger partial charge in [0, 0.05) is 12.6 Å². The first-order valence-corrected chi connectivity index (χ1v) is 10.7. The number of allylic oxidation sites excluding steroid dienone is 1. The predicted octanol–water partition coefficient (Wildman–Crippen LogP) is 6.64. The zero-order valence-corrected chi connectivity index (χ0v) is 20.0. The number of rotatable bonds is 10. The van der Waals surface area contributed by atoms with Crippen LogP contribution in [-0.2, 0) is 16.1 Å². The molecule has 35 heavy (non-hydrogen) atoms. The molecule has 0 amide bonds. The molecule has 0 spiro atoms. The second kappa shape index (κ2) is 11.8. The predicted molar refractivity (Wildman–Crippen MR) is 120 cm³/mol. The molecular weight excluding hydrogens is 473 g/mol. The molecule has 2 rings (SSSR count). The van der Waals surface area contributed by atoms with E-state index >= 15 is 0 Å². The summed E-state index contributed by atoms with van der Waals surface area (Å²) in [6.07, 6.45) is 2.04. The molecule has 0 unspecified atom stereocenters. The molecular formula is C25H26F5NO4. The number of benzene rings is 2. The monoisotopic (exact) mass is 499 g/mol. The van der Waals surface area contributed by atoms with Gasteiger partial charge in [0.1, 0.15) is 18.1 Å². The van der Waals surface area contributed by atoms with Crippen molar-refractivity contribution in [1.82, 2.24) is 0 Å². The molecule has 0 aliphatic rings. The number of carbonyl (C=O) groups excluding carboxylic acids is 1. The zero-order valence-electron chi connectivity index (χ0n) is 20.0. The summed E-state index contributed by atoms with van der Waals surface area (Å²) in [5.41, 5.74) is -0.147. The van der Waals surface area contributed by atoms with Crippen molar-refractivity contribution in [3.05, 3.63) is 70.4 Å². The maximum atomic E-state index is 14.1. The standard InChI is InChI=1S/C25H26F5NO4/c1-6-25(3,4)12-16(34-13-14-8-10-15(33-5)11-9-14)22(31-7-2)24(32)35-23-20(29)18(27)17(26)19(28)21(23)30/h7-11H,6,12-13H2,1-5H3. The number of hydrogen-bond acceptors (Lipinski definition) is 5. The van der Waals surface area contributed by atoms with Crippen LogP contribution in [0.25, 0.3) is 0 Å². The van der Waals surface area contributed by atoms with Crippen molar-refractivity contribution >= 4 is 12.2 Å². The van der Waals surface area contributed by atoms with Crippen LogP contribution < -0.4 is 9.47 Å². The highest BCUT2D eigenvalue weighted by Gasteiger charge is 2.31. The van der Waals surface area contributed by atoms with E-state index in [4.69, 9.17) is 9.47 Å². The summed E-state index contributed by atoms with van der Waals surface area (Å²) in [4.78, 5) is 16.8. The summed E-state index contributed by atoms with van der Waals surface area (Å²) in [5.74, 6) is -13.9. The third-order valence-corrected chi connectivity index (χ3v) is 5.25. The van der Waals surface area contributed by atoms with E-state index in [2.05, 4.69) is 9.73 Å². The van der Waals surface area contributed by atoms with E-state index in [-0.39, 0.29) is 18.8 Å². The van der Waals surface area contributed by atoms with E-state index < -0.39 is 51.9 Å². The van der Waals surface area contributed by atoms with E-state index in [1.54, 1.807) is 24.3 Å². The van der Waals surface area contributed by atoms with Gasteiger partial charge in [-0.2, -0.15) is 8.78 Å². The fourth-order valence-corrected chi connectivity index (χ4v) is 2.84. The molecule has 10 heteroatoms. The first kappa shape index (κ1) is 27.8. The molecule has 5 nitrogen and oxygen atoms in total. The molecule has 0 heterocycles. The second-order valence-corrected chi connectivity index (χ2v) is 8.28. The van der Waals surface area contributed by atoms with Crippen molar-refractivity contribution in [2.45, 2.75) is 47.1 Å². The van der Waals surface area contributed by atoms with Crippen LogP contribution in [0.3, 0.4) is 0 Å². The van der Waals surface area contributed by atoms with Gasteiger partial charge < -0.3 is 14.2 Å². The van der Waals surface area contributed by atoms with E-state index in [0.717, 1.165) is 0 Å². The summed E-state index contributed by atoms with van der Waals surface area (Å²) in [7, 11) is 1.52. The minimum absolute atomic E-state index is 0.00232. The summed E-state index contributed by atoms with van der Waals surface area (Å²) in [6, 6.07) is 6.88. The summed E-state index contributed by atoms with van der Waals surface area (Å²) >= 11 is 0. The Hall–Kier alpha value is -3.43. The van der Waals surface area contributed by atoms with Crippen LogP contribution in [-0.4, -0.2) is 19.3 Å². The lowest BCUT2D eigenvalue weighted by atomic mass is 9.85. The van der Waals surface area contributed by atoms with Gasteiger partial charge in [0.2, 0.25) is 34.8 Å². The average molecular weight is 499 g/mol. The smallest absolute Gasteiger partial charge is 0.366 e. The lowest BCUT2D eigenvalue weighted by molar-refractivity contribution is -0.131. The van der Waals surface area contributed by atoms with Crippen molar-refractivity contribution < 1.29 is 41.0 Å². The minimum atomic E-state index is -2.37. The first-order valence-electron chi connectivity index (χ1n) is 10.7. The molecule has 0 radical (unpaired) electrons. The minimum Gasteiger partial charge on any atom is -0.497 e. The third-order valence-electron chi connectivity index (χ3n) is 5.25. The summed E-state index contributed by atoms with van der Waals surface area (Å²) < 4.78 is 84.2. The Bertz CT molecular complexity index is 1100. The molecule has 0 bridgehead atoms. The largest absolute Gasteiger partial charge is 0.497 e. The van der Waals surface area contributed by atoms with Crippen molar-refractivity contribution in [2.75, 3.05) is 7.11 Å². The molecule has 2 aromatic rings.